The van der Waals surface area contributed by atoms with Crippen molar-refractivity contribution >= 4 is 17.0 Å². The molecular formula is C11H14N4O3. The van der Waals surface area contributed by atoms with Crippen molar-refractivity contribution < 1.29 is 9.32 Å². The van der Waals surface area contributed by atoms with E-state index in [1.54, 1.807) is 6.92 Å². The Hall–Kier alpha value is -2.18. The van der Waals surface area contributed by atoms with E-state index in [9.17, 15) is 9.59 Å². The zero-order valence-electron chi connectivity index (χ0n) is 10.5. The summed E-state index contributed by atoms with van der Waals surface area (Å²) in [6.45, 7) is 3.48. The predicted molar refractivity (Wildman–Crippen MR) is 64.2 cm³/mol. The van der Waals surface area contributed by atoms with Crippen molar-refractivity contribution in [1.82, 2.24) is 20.0 Å². The predicted octanol–water partition coefficient (Wildman–Crippen LogP) is 0.00132. The van der Waals surface area contributed by atoms with Gasteiger partial charge in [0, 0.05) is 13.5 Å². The third-order valence-electron chi connectivity index (χ3n) is 2.74. The Morgan fingerprint density at radius 1 is 1.50 bits per heavy atom. The highest BCUT2D eigenvalue weighted by Crippen LogP contribution is 2.12. The molecule has 0 saturated heterocycles. The summed E-state index contributed by atoms with van der Waals surface area (Å²) >= 11 is 0. The molecular weight excluding hydrogens is 236 g/mol. The molecule has 0 spiro atoms. The van der Waals surface area contributed by atoms with Crippen molar-refractivity contribution in [1.29, 1.82) is 0 Å². The number of hydrogen-bond donors (Lipinski definition) is 1. The lowest BCUT2D eigenvalue weighted by atomic mass is 10.3. The quantitative estimate of drug-likeness (QED) is 0.828. The van der Waals surface area contributed by atoms with Gasteiger partial charge in [0.2, 0.25) is 5.91 Å². The van der Waals surface area contributed by atoms with Gasteiger partial charge >= 0.3 is 0 Å². The summed E-state index contributed by atoms with van der Waals surface area (Å²) in [7, 11) is 1.52. The van der Waals surface area contributed by atoms with Crippen molar-refractivity contribution in [3.8, 4) is 0 Å². The third-order valence-corrected chi connectivity index (χ3v) is 2.74. The van der Waals surface area contributed by atoms with E-state index in [4.69, 9.17) is 4.52 Å². The summed E-state index contributed by atoms with van der Waals surface area (Å²) in [6, 6.07) is 0. The lowest BCUT2D eigenvalue weighted by molar-refractivity contribution is -0.121. The summed E-state index contributed by atoms with van der Waals surface area (Å²) in [5.74, 6) is 0.259. The molecule has 7 nitrogen and oxygen atoms in total. The number of fused-ring (bicyclic) bond motifs is 1. The van der Waals surface area contributed by atoms with Crippen molar-refractivity contribution in [3.05, 3.63) is 21.9 Å². The van der Waals surface area contributed by atoms with Crippen LogP contribution >= 0.6 is 0 Å². The Labute approximate surface area is 103 Å². The van der Waals surface area contributed by atoms with Crippen molar-refractivity contribution in [3.63, 3.8) is 0 Å². The Morgan fingerprint density at radius 2 is 2.22 bits per heavy atom. The van der Waals surface area contributed by atoms with Crippen LogP contribution in [0.3, 0.4) is 0 Å². The molecule has 0 saturated carbocycles. The number of nitrogens with zero attached hydrogens (tertiary/aromatic N) is 3. The Morgan fingerprint density at radius 3 is 2.83 bits per heavy atom. The van der Waals surface area contributed by atoms with Crippen LogP contribution in [0.15, 0.2) is 9.32 Å². The van der Waals surface area contributed by atoms with Gasteiger partial charge in [-0.15, -0.1) is 0 Å². The Kier molecular flexibility index (Phi) is 3.14. The van der Waals surface area contributed by atoms with Crippen molar-refractivity contribution in [2.75, 3.05) is 7.05 Å². The van der Waals surface area contributed by atoms with E-state index in [0.717, 1.165) is 0 Å². The maximum Gasteiger partial charge on any atom is 0.267 e. The van der Waals surface area contributed by atoms with Gasteiger partial charge in [-0.2, -0.15) is 4.98 Å². The maximum absolute atomic E-state index is 12.3. The first-order chi connectivity index (χ1) is 8.58. The Balaban J connectivity index is 2.69. The Bertz CT molecular complexity index is 656. The standard InChI is InChI=1S/C11H14N4O3/c1-4-7-13-10-9(6(2)14-18-10)11(17)15(7)5-8(16)12-3/h4-5H2,1-3H3,(H,12,16). The van der Waals surface area contributed by atoms with Crippen LogP contribution in [0.4, 0.5) is 0 Å². The molecule has 0 radical (unpaired) electrons. The second-order valence-electron chi connectivity index (χ2n) is 3.89. The highest BCUT2D eigenvalue weighted by molar-refractivity contribution is 5.77. The average molecular weight is 250 g/mol. The van der Waals surface area contributed by atoms with Crippen LogP contribution < -0.4 is 10.9 Å². The van der Waals surface area contributed by atoms with E-state index in [0.29, 0.717) is 23.3 Å². The lowest BCUT2D eigenvalue weighted by Gasteiger charge is -2.09. The number of aryl methyl sites for hydroxylation is 2. The molecule has 1 N–H and O–H groups in total. The minimum Gasteiger partial charge on any atom is -0.358 e. The van der Waals surface area contributed by atoms with Gasteiger partial charge in [-0.1, -0.05) is 12.1 Å². The zero-order valence-corrected chi connectivity index (χ0v) is 10.5. The first-order valence-electron chi connectivity index (χ1n) is 5.64. The van der Waals surface area contributed by atoms with Gasteiger partial charge in [0.05, 0.1) is 5.69 Å². The average Bonchev–Trinajstić information content (AvgIpc) is 2.73. The van der Waals surface area contributed by atoms with E-state index in [1.165, 1.54) is 11.6 Å². The smallest absolute Gasteiger partial charge is 0.267 e. The molecule has 2 aromatic heterocycles. The van der Waals surface area contributed by atoms with Gasteiger partial charge in [0.1, 0.15) is 17.8 Å². The number of carbonyl (C=O) groups is 1. The van der Waals surface area contributed by atoms with Gasteiger partial charge in [0.15, 0.2) is 0 Å². The van der Waals surface area contributed by atoms with Crippen LogP contribution in [0, 0.1) is 6.92 Å². The van der Waals surface area contributed by atoms with Gasteiger partial charge < -0.3 is 9.84 Å². The van der Waals surface area contributed by atoms with Gasteiger partial charge in [-0.05, 0) is 6.92 Å². The van der Waals surface area contributed by atoms with Gasteiger partial charge in [-0.3, -0.25) is 14.2 Å². The largest absolute Gasteiger partial charge is 0.358 e. The fourth-order valence-electron chi connectivity index (χ4n) is 1.77. The molecule has 0 bridgehead atoms. The summed E-state index contributed by atoms with van der Waals surface area (Å²) in [5, 5.41) is 6.53. The van der Waals surface area contributed by atoms with E-state index in [1.807, 2.05) is 6.92 Å². The number of aromatic nitrogens is 3. The minimum atomic E-state index is -0.292. The van der Waals surface area contributed by atoms with Crippen molar-refractivity contribution in [2.24, 2.45) is 0 Å². The lowest BCUT2D eigenvalue weighted by Crippen LogP contribution is -2.32. The minimum absolute atomic E-state index is 0.0495. The molecule has 2 aromatic rings. The molecule has 0 aliphatic carbocycles. The highest BCUT2D eigenvalue weighted by atomic mass is 16.5. The number of rotatable bonds is 3. The molecule has 7 heteroatoms. The van der Waals surface area contributed by atoms with Crippen LogP contribution in [-0.4, -0.2) is 27.7 Å². The molecule has 0 fully saturated rings. The molecule has 1 amide bonds. The number of likely N-dealkylation sites (N-methyl/N-ethyl adjacent to an activating group) is 1. The maximum atomic E-state index is 12.3. The highest BCUT2D eigenvalue weighted by Gasteiger charge is 2.17. The molecule has 0 aliphatic rings. The van der Waals surface area contributed by atoms with Crippen molar-refractivity contribution in [2.45, 2.75) is 26.8 Å². The summed E-state index contributed by atoms with van der Waals surface area (Å²) in [5.41, 5.74) is 0.414. The van der Waals surface area contributed by atoms with E-state index >= 15 is 0 Å². The first-order valence-corrected chi connectivity index (χ1v) is 5.64. The first kappa shape index (κ1) is 12.3. The van der Waals surface area contributed by atoms with Crippen LogP contribution in [0.2, 0.25) is 0 Å². The summed E-state index contributed by atoms with van der Waals surface area (Å²) in [4.78, 5) is 27.9. The monoisotopic (exact) mass is 250 g/mol. The van der Waals surface area contributed by atoms with Crippen LogP contribution in [-0.2, 0) is 17.8 Å². The van der Waals surface area contributed by atoms with Crippen LogP contribution in [0.5, 0.6) is 0 Å². The SMILES string of the molecule is CCc1nc2onc(C)c2c(=O)n1CC(=O)NC. The fourth-order valence-corrected chi connectivity index (χ4v) is 1.77. The molecule has 0 aromatic carbocycles. The van der Waals surface area contributed by atoms with Gasteiger partial charge in [-0.25, -0.2) is 0 Å². The van der Waals surface area contributed by atoms with Gasteiger partial charge in [0.25, 0.3) is 11.3 Å². The normalized spacial score (nSPS) is 10.8. The second-order valence-corrected chi connectivity index (χ2v) is 3.89. The topological polar surface area (TPSA) is 90.0 Å². The van der Waals surface area contributed by atoms with E-state index < -0.39 is 0 Å². The number of amides is 1. The number of hydrogen-bond acceptors (Lipinski definition) is 5. The number of carbonyl (C=O) groups excluding carboxylic acids is 1. The molecule has 0 atom stereocenters. The fraction of sp³-hybridized carbons (Fsp3) is 0.455. The van der Waals surface area contributed by atoms with Crippen LogP contribution in [0.1, 0.15) is 18.4 Å². The molecule has 0 aliphatic heterocycles. The van der Waals surface area contributed by atoms with E-state index in [2.05, 4.69) is 15.5 Å². The molecule has 0 unspecified atom stereocenters. The summed E-state index contributed by atoms with van der Waals surface area (Å²) in [6.07, 6.45) is 0.530. The zero-order chi connectivity index (χ0) is 13.3. The molecule has 2 rings (SSSR count). The molecule has 18 heavy (non-hydrogen) atoms. The third kappa shape index (κ3) is 1.87. The van der Waals surface area contributed by atoms with E-state index in [-0.39, 0.29) is 23.7 Å². The molecule has 2 heterocycles. The summed E-state index contributed by atoms with van der Waals surface area (Å²) < 4.78 is 6.34. The second kappa shape index (κ2) is 4.59. The molecule has 96 valence electrons. The number of nitrogens with one attached hydrogen (secondary N) is 1. The van der Waals surface area contributed by atoms with Crippen LogP contribution in [0.25, 0.3) is 11.1 Å².